The molecular weight excluding hydrogens is 248 g/mol. The molecule has 0 aliphatic carbocycles. The van der Waals surface area contributed by atoms with E-state index in [1.165, 1.54) is 0 Å². The molecule has 0 spiro atoms. The van der Waals surface area contributed by atoms with Crippen molar-refractivity contribution in [3.8, 4) is 6.07 Å². The van der Waals surface area contributed by atoms with E-state index in [1.807, 2.05) is 24.4 Å². The second kappa shape index (κ2) is 4.62. The number of pyridine rings is 1. The van der Waals surface area contributed by atoms with Crippen LogP contribution in [0.2, 0.25) is 0 Å². The van der Waals surface area contributed by atoms with Gasteiger partial charge in [0.1, 0.15) is 6.07 Å². The molecule has 0 saturated carbocycles. The van der Waals surface area contributed by atoms with E-state index in [2.05, 4.69) is 26.9 Å². The summed E-state index contributed by atoms with van der Waals surface area (Å²) in [6.07, 6.45) is 4.13. The molecule has 2 aromatic rings. The van der Waals surface area contributed by atoms with E-state index < -0.39 is 0 Å². The van der Waals surface area contributed by atoms with Crippen LogP contribution < -0.4 is 5.32 Å². The molecule has 4 nitrogen and oxygen atoms in total. The van der Waals surface area contributed by atoms with Crippen LogP contribution in [0.25, 0.3) is 5.52 Å². The van der Waals surface area contributed by atoms with E-state index in [0.717, 1.165) is 61.2 Å². The van der Waals surface area contributed by atoms with Gasteiger partial charge in [-0.2, -0.15) is 5.26 Å². The molecule has 0 bridgehead atoms. The molecule has 4 rings (SSSR count). The molecule has 2 aliphatic rings. The van der Waals surface area contributed by atoms with Gasteiger partial charge in [0.15, 0.2) is 0 Å². The number of hydrogen-bond donors (Lipinski definition) is 1. The van der Waals surface area contributed by atoms with Gasteiger partial charge >= 0.3 is 0 Å². The molecule has 0 radical (unpaired) electrons. The Kier molecular flexibility index (Phi) is 2.76. The first-order chi connectivity index (χ1) is 9.85. The second-order valence-corrected chi connectivity index (χ2v) is 6.01. The number of nitrogens with zero attached hydrogens (tertiary/aromatic N) is 3. The fourth-order valence-corrected chi connectivity index (χ4v) is 3.75. The zero-order chi connectivity index (χ0) is 13.5. The van der Waals surface area contributed by atoms with E-state index in [4.69, 9.17) is 0 Å². The van der Waals surface area contributed by atoms with Crippen LogP contribution in [0.5, 0.6) is 0 Å². The van der Waals surface area contributed by atoms with Crippen LogP contribution in [-0.4, -0.2) is 35.5 Å². The maximum atomic E-state index is 9.45. The second-order valence-electron chi connectivity index (χ2n) is 6.01. The zero-order valence-corrected chi connectivity index (χ0v) is 11.4. The summed E-state index contributed by atoms with van der Waals surface area (Å²) < 4.78 is 2.06. The molecule has 4 heteroatoms. The van der Waals surface area contributed by atoms with Gasteiger partial charge < -0.3 is 9.72 Å². The summed E-state index contributed by atoms with van der Waals surface area (Å²) in [4.78, 5) is 2.51. The Labute approximate surface area is 118 Å². The highest BCUT2D eigenvalue weighted by atomic mass is 15.2. The van der Waals surface area contributed by atoms with Gasteiger partial charge in [-0.3, -0.25) is 4.90 Å². The maximum Gasteiger partial charge on any atom is 0.102 e. The zero-order valence-electron chi connectivity index (χ0n) is 11.4. The molecule has 0 aromatic carbocycles. The molecule has 2 atom stereocenters. The SMILES string of the molecule is N#Cc1c(CN2CC3CNCC3C2)cn2ccccc12. The van der Waals surface area contributed by atoms with Gasteiger partial charge in [0.05, 0.1) is 11.1 Å². The Morgan fingerprint density at radius 3 is 2.80 bits per heavy atom. The highest BCUT2D eigenvalue weighted by Crippen LogP contribution is 2.28. The van der Waals surface area contributed by atoms with Crippen molar-refractivity contribution in [2.24, 2.45) is 11.8 Å². The molecule has 4 heterocycles. The highest BCUT2D eigenvalue weighted by Gasteiger charge is 2.36. The summed E-state index contributed by atoms with van der Waals surface area (Å²) in [5.74, 6) is 1.61. The molecule has 0 amide bonds. The quantitative estimate of drug-likeness (QED) is 0.895. The van der Waals surface area contributed by atoms with Crippen molar-refractivity contribution in [2.45, 2.75) is 6.54 Å². The van der Waals surface area contributed by atoms with Crippen LogP contribution >= 0.6 is 0 Å². The molecule has 2 unspecified atom stereocenters. The minimum absolute atomic E-state index is 0.803. The molecule has 2 fully saturated rings. The van der Waals surface area contributed by atoms with Crippen LogP contribution in [0.3, 0.4) is 0 Å². The van der Waals surface area contributed by atoms with Crippen LogP contribution in [0.15, 0.2) is 30.6 Å². The number of likely N-dealkylation sites (tertiary alicyclic amines) is 1. The Morgan fingerprint density at radius 2 is 2.05 bits per heavy atom. The fourth-order valence-electron chi connectivity index (χ4n) is 3.75. The average molecular weight is 266 g/mol. The van der Waals surface area contributed by atoms with Gasteiger partial charge in [-0.15, -0.1) is 0 Å². The first-order valence-electron chi connectivity index (χ1n) is 7.27. The lowest BCUT2D eigenvalue weighted by Crippen LogP contribution is -2.25. The van der Waals surface area contributed by atoms with E-state index in [-0.39, 0.29) is 0 Å². The van der Waals surface area contributed by atoms with Gasteiger partial charge in [-0.1, -0.05) is 6.07 Å². The standard InChI is InChI=1S/C16H18N4/c17-5-15-14(11-20-4-2-1-3-16(15)20)10-19-8-12-6-18-7-13(12)9-19/h1-4,11-13,18H,6-10H2. The smallest absolute Gasteiger partial charge is 0.102 e. The van der Waals surface area contributed by atoms with Crippen molar-refractivity contribution in [3.63, 3.8) is 0 Å². The van der Waals surface area contributed by atoms with E-state index in [1.54, 1.807) is 0 Å². The summed E-state index contributed by atoms with van der Waals surface area (Å²) in [6, 6.07) is 8.40. The normalized spacial score (nSPS) is 25.9. The van der Waals surface area contributed by atoms with Crippen molar-refractivity contribution in [3.05, 3.63) is 41.7 Å². The molecule has 2 aliphatic heterocycles. The number of fused-ring (bicyclic) bond motifs is 2. The lowest BCUT2D eigenvalue weighted by atomic mass is 10.0. The lowest BCUT2D eigenvalue weighted by molar-refractivity contribution is 0.305. The topological polar surface area (TPSA) is 43.5 Å². The van der Waals surface area contributed by atoms with Crippen molar-refractivity contribution < 1.29 is 0 Å². The Balaban J connectivity index is 1.61. The minimum atomic E-state index is 0.803. The Hall–Kier alpha value is -1.83. The molecule has 102 valence electrons. The van der Waals surface area contributed by atoms with Gasteiger partial charge in [0.25, 0.3) is 0 Å². The average Bonchev–Trinajstić information content (AvgIpc) is 3.10. The summed E-state index contributed by atoms with van der Waals surface area (Å²) >= 11 is 0. The third-order valence-electron chi connectivity index (χ3n) is 4.73. The third kappa shape index (κ3) is 1.82. The predicted octanol–water partition coefficient (Wildman–Crippen LogP) is 1.46. The number of hydrogen-bond acceptors (Lipinski definition) is 3. The monoisotopic (exact) mass is 266 g/mol. The van der Waals surface area contributed by atoms with E-state index in [0.29, 0.717) is 0 Å². The number of rotatable bonds is 2. The summed E-state index contributed by atoms with van der Waals surface area (Å²) in [5, 5.41) is 12.9. The van der Waals surface area contributed by atoms with Crippen LogP contribution in [0.4, 0.5) is 0 Å². The predicted molar refractivity (Wildman–Crippen MR) is 77.2 cm³/mol. The van der Waals surface area contributed by atoms with Crippen LogP contribution in [-0.2, 0) is 6.54 Å². The number of nitriles is 1. The van der Waals surface area contributed by atoms with Crippen molar-refractivity contribution in [1.29, 1.82) is 5.26 Å². The first kappa shape index (κ1) is 12.0. The molecular formula is C16H18N4. The third-order valence-corrected chi connectivity index (χ3v) is 4.73. The molecule has 1 N–H and O–H groups in total. The van der Waals surface area contributed by atoms with E-state index in [9.17, 15) is 5.26 Å². The van der Waals surface area contributed by atoms with Crippen LogP contribution in [0, 0.1) is 23.2 Å². The number of aromatic nitrogens is 1. The van der Waals surface area contributed by atoms with Crippen molar-refractivity contribution in [1.82, 2.24) is 14.6 Å². The summed E-state index contributed by atoms with van der Waals surface area (Å²) in [6.45, 7) is 5.54. The van der Waals surface area contributed by atoms with E-state index >= 15 is 0 Å². The van der Waals surface area contributed by atoms with Gasteiger partial charge in [0, 0.05) is 37.6 Å². The van der Waals surface area contributed by atoms with Crippen molar-refractivity contribution >= 4 is 5.52 Å². The lowest BCUT2D eigenvalue weighted by Gasteiger charge is -2.16. The van der Waals surface area contributed by atoms with Gasteiger partial charge in [0.2, 0.25) is 0 Å². The molecule has 20 heavy (non-hydrogen) atoms. The Bertz CT molecular complexity index is 669. The molecule has 2 aromatic heterocycles. The maximum absolute atomic E-state index is 9.45. The Morgan fingerprint density at radius 1 is 1.25 bits per heavy atom. The van der Waals surface area contributed by atoms with Crippen molar-refractivity contribution in [2.75, 3.05) is 26.2 Å². The fraction of sp³-hybridized carbons (Fsp3) is 0.438. The highest BCUT2D eigenvalue weighted by molar-refractivity contribution is 5.65. The first-order valence-corrected chi connectivity index (χ1v) is 7.27. The summed E-state index contributed by atoms with van der Waals surface area (Å²) in [5.41, 5.74) is 3.01. The minimum Gasteiger partial charge on any atom is -0.322 e. The summed E-state index contributed by atoms with van der Waals surface area (Å²) in [7, 11) is 0. The number of nitrogens with one attached hydrogen (secondary N) is 1. The van der Waals surface area contributed by atoms with Crippen LogP contribution in [0.1, 0.15) is 11.1 Å². The van der Waals surface area contributed by atoms with Gasteiger partial charge in [-0.05, 0) is 37.1 Å². The van der Waals surface area contributed by atoms with Gasteiger partial charge in [-0.25, -0.2) is 0 Å². The largest absolute Gasteiger partial charge is 0.322 e. The molecule has 2 saturated heterocycles.